The van der Waals surface area contributed by atoms with Crippen LogP contribution in [0.15, 0.2) is 6.20 Å². The molecule has 0 aliphatic carbocycles. The van der Waals surface area contributed by atoms with Crippen LogP contribution in [0.25, 0.3) is 0 Å². The summed E-state index contributed by atoms with van der Waals surface area (Å²) in [5.41, 5.74) is 7.68. The molecule has 0 radical (unpaired) electrons. The van der Waals surface area contributed by atoms with E-state index in [1.165, 1.54) is 5.69 Å². The highest BCUT2D eigenvalue weighted by atomic mass is 15.4. The SMILES string of the molecule is CN1CCC2(CC1)c1cnnn1C[C@H]2N. The average molecular weight is 207 g/mol. The first-order valence-electron chi connectivity index (χ1n) is 5.55. The molecule has 0 amide bonds. The summed E-state index contributed by atoms with van der Waals surface area (Å²) in [6, 6.07) is 0.219. The van der Waals surface area contributed by atoms with Crippen molar-refractivity contribution >= 4 is 0 Å². The number of rotatable bonds is 0. The van der Waals surface area contributed by atoms with Crippen molar-refractivity contribution in [1.29, 1.82) is 0 Å². The molecule has 3 rings (SSSR count). The number of likely N-dealkylation sites (tertiary alicyclic amines) is 1. The molecule has 82 valence electrons. The number of hydrogen-bond acceptors (Lipinski definition) is 4. The quantitative estimate of drug-likeness (QED) is 0.628. The van der Waals surface area contributed by atoms with E-state index < -0.39 is 0 Å². The lowest BCUT2D eigenvalue weighted by atomic mass is 9.72. The lowest BCUT2D eigenvalue weighted by Gasteiger charge is -2.39. The molecule has 2 N–H and O–H groups in total. The van der Waals surface area contributed by atoms with Gasteiger partial charge in [-0.05, 0) is 33.0 Å². The van der Waals surface area contributed by atoms with Gasteiger partial charge in [-0.25, -0.2) is 4.68 Å². The number of nitrogens with two attached hydrogens (primary N) is 1. The fraction of sp³-hybridized carbons (Fsp3) is 0.800. The number of hydrogen-bond donors (Lipinski definition) is 1. The van der Waals surface area contributed by atoms with Gasteiger partial charge in [0, 0.05) is 11.5 Å². The molecule has 2 aliphatic rings. The van der Waals surface area contributed by atoms with Crippen LogP contribution in [-0.2, 0) is 12.0 Å². The van der Waals surface area contributed by atoms with Gasteiger partial charge in [-0.15, -0.1) is 5.10 Å². The first-order chi connectivity index (χ1) is 7.22. The van der Waals surface area contributed by atoms with E-state index in [1.807, 2.05) is 10.9 Å². The first-order valence-corrected chi connectivity index (χ1v) is 5.55. The molecule has 2 aliphatic heterocycles. The van der Waals surface area contributed by atoms with Crippen molar-refractivity contribution in [3.8, 4) is 0 Å². The van der Waals surface area contributed by atoms with Crippen LogP contribution in [0.4, 0.5) is 0 Å². The molecule has 0 aromatic carbocycles. The topological polar surface area (TPSA) is 60.0 Å². The molecule has 1 spiro atoms. The molecule has 1 atom stereocenters. The fourth-order valence-corrected chi connectivity index (χ4v) is 2.97. The van der Waals surface area contributed by atoms with Gasteiger partial charge in [0.1, 0.15) is 0 Å². The van der Waals surface area contributed by atoms with Crippen LogP contribution < -0.4 is 5.73 Å². The monoisotopic (exact) mass is 207 g/mol. The van der Waals surface area contributed by atoms with Gasteiger partial charge >= 0.3 is 0 Å². The predicted octanol–water partition coefficient (Wildman–Crippen LogP) is -0.418. The van der Waals surface area contributed by atoms with E-state index in [1.54, 1.807) is 0 Å². The van der Waals surface area contributed by atoms with Crippen LogP contribution in [-0.4, -0.2) is 46.1 Å². The van der Waals surface area contributed by atoms with Crippen molar-refractivity contribution in [2.75, 3.05) is 20.1 Å². The van der Waals surface area contributed by atoms with Crippen LogP contribution in [0.5, 0.6) is 0 Å². The van der Waals surface area contributed by atoms with Crippen LogP contribution >= 0.6 is 0 Å². The van der Waals surface area contributed by atoms with E-state index in [0.717, 1.165) is 32.5 Å². The second-order valence-corrected chi connectivity index (χ2v) is 4.87. The van der Waals surface area contributed by atoms with Crippen LogP contribution in [0.1, 0.15) is 18.5 Å². The Morgan fingerprint density at radius 2 is 2.20 bits per heavy atom. The Kier molecular flexibility index (Phi) is 1.87. The minimum Gasteiger partial charge on any atom is -0.325 e. The molecule has 1 fully saturated rings. The average Bonchev–Trinajstić information content (AvgIpc) is 2.75. The summed E-state index contributed by atoms with van der Waals surface area (Å²) in [6.45, 7) is 3.08. The maximum atomic E-state index is 6.28. The molecular formula is C10H17N5. The van der Waals surface area contributed by atoms with E-state index in [9.17, 15) is 0 Å². The Balaban J connectivity index is 1.97. The van der Waals surface area contributed by atoms with Crippen molar-refractivity contribution < 1.29 is 0 Å². The summed E-state index contributed by atoms with van der Waals surface area (Å²) in [7, 11) is 2.17. The Bertz CT molecular complexity index is 364. The highest BCUT2D eigenvalue weighted by Gasteiger charge is 2.47. The van der Waals surface area contributed by atoms with Crippen molar-refractivity contribution in [2.45, 2.75) is 30.8 Å². The minimum absolute atomic E-state index is 0.149. The van der Waals surface area contributed by atoms with Crippen molar-refractivity contribution in [2.24, 2.45) is 5.73 Å². The van der Waals surface area contributed by atoms with E-state index in [0.29, 0.717) is 0 Å². The zero-order valence-electron chi connectivity index (χ0n) is 9.06. The third-order valence-corrected chi connectivity index (χ3v) is 4.09. The van der Waals surface area contributed by atoms with Gasteiger partial charge in [0.2, 0.25) is 0 Å². The zero-order chi connectivity index (χ0) is 10.5. The molecular weight excluding hydrogens is 190 g/mol. The summed E-state index contributed by atoms with van der Waals surface area (Å²) in [4.78, 5) is 2.37. The number of piperidine rings is 1. The normalized spacial score (nSPS) is 29.6. The molecule has 15 heavy (non-hydrogen) atoms. The van der Waals surface area contributed by atoms with Gasteiger partial charge in [-0.2, -0.15) is 0 Å². The lowest BCUT2D eigenvalue weighted by Crippen LogP contribution is -2.49. The summed E-state index contributed by atoms with van der Waals surface area (Å²) in [6.07, 6.45) is 4.17. The van der Waals surface area contributed by atoms with Gasteiger partial charge in [-0.1, -0.05) is 5.21 Å². The third-order valence-electron chi connectivity index (χ3n) is 4.09. The van der Waals surface area contributed by atoms with E-state index in [2.05, 4.69) is 22.3 Å². The van der Waals surface area contributed by atoms with Gasteiger partial charge in [0.05, 0.1) is 18.4 Å². The smallest absolute Gasteiger partial charge is 0.0731 e. The van der Waals surface area contributed by atoms with Gasteiger partial charge < -0.3 is 10.6 Å². The van der Waals surface area contributed by atoms with Crippen LogP contribution in [0, 0.1) is 0 Å². The zero-order valence-corrected chi connectivity index (χ0v) is 9.06. The highest BCUT2D eigenvalue weighted by molar-refractivity contribution is 5.23. The molecule has 5 nitrogen and oxygen atoms in total. The number of fused-ring (bicyclic) bond motifs is 2. The highest BCUT2D eigenvalue weighted by Crippen LogP contribution is 2.41. The Morgan fingerprint density at radius 3 is 2.93 bits per heavy atom. The Morgan fingerprint density at radius 1 is 1.47 bits per heavy atom. The largest absolute Gasteiger partial charge is 0.325 e. The first kappa shape index (κ1) is 9.30. The number of nitrogens with zero attached hydrogens (tertiary/aromatic N) is 4. The lowest BCUT2D eigenvalue weighted by molar-refractivity contribution is 0.172. The standard InChI is InChI=1S/C10H17N5/c1-14-4-2-10(3-5-14)8(11)7-15-9(10)6-12-13-15/h6,8H,2-5,7,11H2,1H3/t8-/m1/s1. The summed E-state index contributed by atoms with van der Waals surface area (Å²) in [5, 5.41) is 8.08. The molecule has 1 aromatic heterocycles. The summed E-state index contributed by atoms with van der Waals surface area (Å²) in [5.74, 6) is 0. The van der Waals surface area contributed by atoms with Crippen LogP contribution in [0.2, 0.25) is 0 Å². The molecule has 0 bridgehead atoms. The predicted molar refractivity (Wildman–Crippen MR) is 56.4 cm³/mol. The van der Waals surface area contributed by atoms with E-state index in [4.69, 9.17) is 5.73 Å². The van der Waals surface area contributed by atoms with Crippen molar-refractivity contribution in [3.05, 3.63) is 11.9 Å². The number of aromatic nitrogens is 3. The second kappa shape index (κ2) is 3.02. The van der Waals surface area contributed by atoms with E-state index >= 15 is 0 Å². The Labute approximate surface area is 89.2 Å². The molecule has 0 unspecified atom stereocenters. The van der Waals surface area contributed by atoms with Crippen LogP contribution in [0.3, 0.4) is 0 Å². The summed E-state index contributed by atoms with van der Waals surface area (Å²) < 4.78 is 1.98. The third kappa shape index (κ3) is 1.16. The maximum absolute atomic E-state index is 6.28. The summed E-state index contributed by atoms with van der Waals surface area (Å²) >= 11 is 0. The van der Waals surface area contributed by atoms with Gasteiger partial charge in [0.25, 0.3) is 0 Å². The van der Waals surface area contributed by atoms with E-state index in [-0.39, 0.29) is 11.5 Å². The fourth-order valence-electron chi connectivity index (χ4n) is 2.97. The van der Waals surface area contributed by atoms with Gasteiger partial charge in [-0.3, -0.25) is 0 Å². The molecule has 0 saturated carbocycles. The molecule has 1 saturated heterocycles. The molecule has 5 heteroatoms. The van der Waals surface area contributed by atoms with Crippen molar-refractivity contribution in [3.63, 3.8) is 0 Å². The van der Waals surface area contributed by atoms with Crippen molar-refractivity contribution in [1.82, 2.24) is 19.9 Å². The minimum atomic E-state index is 0.149. The second-order valence-electron chi connectivity index (χ2n) is 4.87. The molecule has 1 aromatic rings. The maximum Gasteiger partial charge on any atom is 0.0731 e. The van der Waals surface area contributed by atoms with Gasteiger partial charge in [0.15, 0.2) is 0 Å². The molecule has 3 heterocycles. The Hall–Kier alpha value is -0.940.